The van der Waals surface area contributed by atoms with Gasteiger partial charge in [0.2, 0.25) is 0 Å². The van der Waals surface area contributed by atoms with E-state index in [4.69, 9.17) is 21.6 Å². The molecule has 0 bridgehead atoms. The van der Waals surface area contributed by atoms with Crippen LogP contribution in [-0.4, -0.2) is 23.0 Å². The van der Waals surface area contributed by atoms with E-state index in [9.17, 15) is 9.59 Å². The van der Waals surface area contributed by atoms with Crippen LogP contribution in [0.25, 0.3) is 10.6 Å². The zero-order valence-corrected chi connectivity index (χ0v) is 17.2. The van der Waals surface area contributed by atoms with Gasteiger partial charge in [-0.15, -0.1) is 11.3 Å². The molecule has 1 amide bonds. The third kappa shape index (κ3) is 4.99. The molecule has 29 heavy (non-hydrogen) atoms. The van der Waals surface area contributed by atoms with E-state index in [2.05, 4.69) is 10.3 Å². The summed E-state index contributed by atoms with van der Waals surface area (Å²) in [5.74, 6) is -1.11. The number of aryl methyl sites for hydroxylation is 1. The number of ether oxygens (including phenoxy) is 1. The maximum absolute atomic E-state index is 12.5. The average Bonchev–Trinajstić information content (AvgIpc) is 3.10. The van der Waals surface area contributed by atoms with Crippen molar-refractivity contribution in [1.29, 1.82) is 5.26 Å². The summed E-state index contributed by atoms with van der Waals surface area (Å²) in [7, 11) is 0. The van der Waals surface area contributed by atoms with Gasteiger partial charge in [0.15, 0.2) is 6.10 Å². The van der Waals surface area contributed by atoms with Crippen molar-refractivity contribution in [2.24, 2.45) is 0 Å². The summed E-state index contributed by atoms with van der Waals surface area (Å²) in [6.45, 7) is 3.20. The van der Waals surface area contributed by atoms with Gasteiger partial charge in [-0.05, 0) is 44.2 Å². The molecule has 3 aromatic rings. The summed E-state index contributed by atoms with van der Waals surface area (Å²) in [6.07, 6.45) is -1.02. The first-order chi connectivity index (χ1) is 13.9. The van der Waals surface area contributed by atoms with E-state index in [0.29, 0.717) is 31.9 Å². The van der Waals surface area contributed by atoms with Crippen molar-refractivity contribution >= 4 is 40.5 Å². The monoisotopic (exact) mass is 425 g/mol. The number of nitriles is 1. The Kier molecular flexibility index (Phi) is 6.27. The van der Waals surface area contributed by atoms with Gasteiger partial charge in [-0.2, -0.15) is 5.26 Å². The van der Waals surface area contributed by atoms with E-state index in [-0.39, 0.29) is 0 Å². The average molecular weight is 426 g/mol. The Labute approximate surface area is 176 Å². The van der Waals surface area contributed by atoms with Crippen LogP contribution in [0.15, 0.2) is 48.5 Å². The minimum Gasteiger partial charge on any atom is -0.448 e. The minimum atomic E-state index is -1.02. The number of esters is 1. The fourth-order valence-electron chi connectivity index (χ4n) is 2.48. The highest BCUT2D eigenvalue weighted by atomic mass is 35.5. The highest BCUT2D eigenvalue weighted by Gasteiger charge is 2.23. The summed E-state index contributed by atoms with van der Waals surface area (Å²) in [4.78, 5) is 29.6. The van der Waals surface area contributed by atoms with Crippen LogP contribution in [0, 0.1) is 18.3 Å². The van der Waals surface area contributed by atoms with Crippen molar-refractivity contribution in [3.05, 3.63) is 69.7 Å². The second-order valence-corrected chi connectivity index (χ2v) is 7.61. The molecule has 1 unspecified atom stereocenters. The molecule has 0 aliphatic rings. The smallest absolute Gasteiger partial charge is 0.351 e. The number of thiazole rings is 1. The Morgan fingerprint density at radius 1 is 1.24 bits per heavy atom. The van der Waals surface area contributed by atoms with Gasteiger partial charge in [0, 0.05) is 16.3 Å². The Balaban J connectivity index is 1.68. The number of benzene rings is 2. The van der Waals surface area contributed by atoms with Gasteiger partial charge in [-0.25, -0.2) is 9.78 Å². The van der Waals surface area contributed by atoms with Crippen molar-refractivity contribution in [1.82, 2.24) is 4.98 Å². The molecular weight excluding hydrogens is 410 g/mol. The molecular formula is C21H16ClN3O3S. The molecule has 0 fully saturated rings. The van der Waals surface area contributed by atoms with Crippen LogP contribution < -0.4 is 5.32 Å². The normalized spacial score (nSPS) is 11.4. The van der Waals surface area contributed by atoms with Gasteiger partial charge in [-0.1, -0.05) is 29.8 Å². The first kappa shape index (κ1) is 20.5. The van der Waals surface area contributed by atoms with Gasteiger partial charge < -0.3 is 10.1 Å². The lowest BCUT2D eigenvalue weighted by molar-refractivity contribution is -0.123. The van der Waals surface area contributed by atoms with Gasteiger partial charge in [-0.3, -0.25) is 4.79 Å². The number of rotatable bonds is 5. The number of nitrogens with zero attached hydrogens (tertiary/aromatic N) is 2. The van der Waals surface area contributed by atoms with E-state index in [1.807, 2.05) is 18.2 Å². The van der Waals surface area contributed by atoms with Crippen LogP contribution in [0.3, 0.4) is 0 Å². The Hall–Kier alpha value is -3.21. The molecule has 8 heteroatoms. The summed E-state index contributed by atoms with van der Waals surface area (Å²) in [6, 6.07) is 15.6. The van der Waals surface area contributed by atoms with E-state index < -0.39 is 18.0 Å². The lowest BCUT2D eigenvalue weighted by Gasteiger charge is -2.13. The predicted octanol–water partition coefficient (Wildman–Crippen LogP) is 4.83. The zero-order valence-electron chi connectivity index (χ0n) is 15.6. The Morgan fingerprint density at radius 2 is 1.97 bits per heavy atom. The molecule has 0 radical (unpaired) electrons. The Morgan fingerprint density at radius 3 is 2.66 bits per heavy atom. The number of halogens is 1. The summed E-state index contributed by atoms with van der Waals surface area (Å²) in [5, 5.41) is 12.8. The maximum Gasteiger partial charge on any atom is 0.351 e. The minimum absolute atomic E-state index is 0.334. The van der Waals surface area contributed by atoms with Crippen LogP contribution in [0.2, 0.25) is 5.02 Å². The summed E-state index contributed by atoms with van der Waals surface area (Å²) < 4.78 is 5.31. The quantitative estimate of drug-likeness (QED) is 0.591. The first-order valence-electron chi connectivity index (χ1n) is 8.62. The molecule has 0 saturated carbocycles. The molecule has 0 aliphatic heterocycles. The fraction of sp³-hybridized carbons (Fsp3) is 0.143. The highest BCUT2D eigenvalue weighted by Crippen LogP contribution is 2.29. The third-order valence-corrected chi connectivity index (χ3v) is 5.42. The van der Waals surface area contributed by atoms with Gasteiger partial charge in [0.25, 0.3) is 5.91 Å². The van der Waals surface area contributed by atoms with Crippen LogP contribution in [-0.2, 0) is 9.53 Å². The number of anilines is 1. The second kappa shape index (κ2) is 8.86. The van der Waals surface area contributed by atoms with Crippen LogP contribution in [0.4, 0.5) is 5.69 Å². The van der Waals surface area contributed by atoms with Crippen molar-refractivity contribution in [2.45, 2.75) is 20.0 Å². The van der Waals surface area contributed by atoms with Crippen LogP contribution >= 0.6 is 22.9 Å². The molecule has 3 rings (SSSR count). The number of nitrogens with one attached hydrogen (secondary N) is 1. The number of hydrogen-bond acceptors (Lipinski definition) is 6. The predicted molar refractivity (Wildman–Crippen MR) is 112 cm³/mol. The fourth-order valence-corrected chi connectivity index (χ4v) is 3.56. The maximum atomic E-state index is 12.5. The molecule has 0 aliphatic carbocycles. The molecule has 2 aromatic carbocycles. The van der Waals surface area contributed by atoms with Crippen molar-refractivity contribution in [2.75, 3.05) is 5.32 Å². The van der Waals surface area contributed by atoms with Crippen molar-refractivity contribution in [3.8, 4) is 16.6 Å². The third-order valence-electron chi connectivity index (χ3n) is 3.99. The highest BCUT2D eigenvalue weighted by molar-refractivity contribution is 7.17. The second-order valence-electron chi connectivity index (χ2n) is 6.17. The standard InChI is InChI=1S/C21H16ClN3O3S/c1-12-18(29-20(24-12)15-6-8-16(22)9-7-15)21(27)28-13(2)19(26)25-17-5-3-4-14(10-17)11-23/h3-10,13H,1-2H3,(H,25,26). The summed E-state index contributed by atoms with van der Waals surface area (Å²) in [5.41, 5.74) is 2.24. The number of carbonyl (C=O) groups excluding carboxylic acids is 2. The van der Waals surface area contributed by atoms with Crippen LogP contribution in [0.5, 0.6) is 0 Å². The number of hydrogen-bond donors (Lipinski definition) is 1. The van der Waals surface area contributed by atoms with E-state index in [1.165, 1.54) is 24.3 Å². The van der Waals surface area contributed by atoms with Crippen molar-refractivity contribution in [3.63, 3.8) is 0 Å². The number of carbonyl (C=O) groups is 2. The molecule has 1 aromatic heterocycles. The SMILES string of the molecule is Cc1nc(-c2ccc(Cl)cc2)sc1C(=O)OC(C)C(=O)Nc1cccc(C#N)c1. The molecule has 1 N–H and O–H groups in total. The van der Waals surface area contributed by atoms with E-state index in [0.717, 1.165) is 5.56 Å². The first-order valence-corrected chi connectivity index (χ1v) is 9.82. The molecule has 0 saturated heterocycles. The lowest BCUT2D eigenvalue weighted by atomic mass is 10.2. The molecule has 6 nitrogen and oxygen atoms in total. The van der Waals surface area contributed by atoms with Gasteiger partial charge in [0.1, 0.15) is 9.88 Å². The molecule has 0 spiro atoms. The lowest BCUT2D eigenvalue weighted by Crippen LogP contribution is -2.30. The topological polar surface area (TPSA) is 92.1 Å². The van der Waals surface area contributed by atoms with Crippen LogP contribution in [0.1, 0.15) is 27.9 Å². The summed E-state index contributed by atoms with van der Waals surface area (Å²) >= 11 is 7.10. The van der Waals surface area contributed by atoms with Gasteiger partial charge in [0.05, 0.1) is 17.3 Å². The van der Waals surface area contributed by atoms with E-state index >= 15 is 0 Å². The zero-order chi connectivity index (χ0) is 21.0. The van der Waals surface area contributed by atoms with Crippen molar-refractivity contribution < 1.29 is 14.3 Å². The largest absolute Gasteiger partial charge is 0.448 e. The number of amides is 1. The molecule has 146 valence electrons. The Bertz CT molecular complexity index is 1100. The number of aromatic nitrogens is 1. The van der Waals surface area contributed by atoms with E-state index in [1.54, 1.807) is 37.3 Å². The molecule has 1 atom stereocenters. The van der Waals surface area contributed by atoms with Gasteiger partial charge >= 0.3 is 5.97 Å². The molecule has 1 heterocycles.